The molecule has 0 aromatic rings. The molecule has 0 atom stereocenters. The maximum absolute atomic E-state index is 10.1. The molecule has 38 valence electrons. The van der Waals surface area contributed by atoms with Gasteiger partial charge in [-0.25, -0.2) is 4.79 Å². The minimum Gasteiger partial charge on any atom is -0.457 e. The number of esters is 1. The van der Waals surface area contributed by atoms with Crippen LogP contribution in [0.3, 0.4) is 0 Å². The van der Waals surface area contributed by atoms with E-state index in [9.17, 15) is 4.79 Å². The summed E-state index contributed by atoms with van der Waals surface area (Å²) in [6.07, 6.45) is 1.27. The summed E-state index contributed by atoms with van der Waals surface area (Å²) in [5.41, 5.74) is 0. The van der Waals surface area contributed by atoms with E-state index in [1.165, 1.54) is 6.08 Å². The van der Waals surface area contributed by atoms with Gasteiger partial charge in [0.25, 0.3) is 0 Å². The van der Waals surface area contributed by atoms with Gasteiger partial charge in [-0.15, -0.1) is 0 Å². The Bertz CT molecular complexity index is 128. The molecule has 0 spiro atoms. The fourth-order valence-corrected chi connectivity index (χ4v) is 0.495. The first kappa shape index (κ1) is 4.65. The highest BCUT2D eigenvalue weighted by Gasteiger charge is 2.08. The SMILES string of the molecule is O=C1C=C(Cl)CO1. The first-order valence-electron chi connectivity index (χ1n) is 1.82. The van der Waals surface area contributed by atoms with Crippen LogP contribution in [0.2, 0.25) is 0 Å². The van der Waals surface area contributed by atoms with Gasteiger partial charge >= 0.3 is 5.97 Å². The summed E-state index contributed by atoms with van der Waals surface area (Å²) in [7, 11) is 0. The van der Waals surface area contributed by atoms with Crippen molar-refractivity contribution in [2.75, 3.05) is 6.61 Å². The van der Waals surface area contributed by atoms with Crippen molar-refractivity contribution in [3.05, 3.63) is 11.1 Å². The molecule has 1 rings (SSSR count). The second kappa shape index (κ2) is 1.54. The van der Waals surface area contributed by atoms with Gasteiger partial charge in [0.1, 0.15) is 6.61 Å². The van der Waals surface area contributed by atoms with Gasteiger partial charge in [-0.1, -0.05) is 11.6 Å². The normalized spacial score (nSPS) is 19.0. The lowest BCUT2D eigenvalue weighted by molar-refractivity contribution is -0.134. The first-order chi connectivity index (χ1) is 3.29. The van der Waals surface area contributed by atoms with E-state index in [-0.39, 0.29) is 12.6 Å². The van der Waals surface area contributed by atoms with Gasteiger partial charge in [0.05, 0.1) is 5.03 Å². The van der Waals surface area contributed by atoms with Gasteiger partial charge in [-0.05, 0) is 0 Å². The number of ether oxygens (including phenoxy) is 1. The van der Waals surface area contributed by atoms with Crippen LogP contribution < -0.4 is 0 Å². The molecule has 3 heteroatoms. The molecular formula is C4H3ClO2. The summed E-state index contributed by atoms with van der Waals surface area (Å²) in [4.78, 5) is 10.1. The van der Waals surface area contributed by atoms with E-state index in [0.29, 0.717) is 5.03 Å². The van der Waals surface area contributed by atoms with Crippen molar-refractivity contribution in [2.24, 2.45) is 0 Å². The third-order valence-corrected chi connectivity index (χ3v) is 0.845. The average molecular weight is 119 g/mol. The van der Waals surface area contributed by atoms with Crippen molar-refractivity contribution in [1.29, 1.82) is 0 Å². The van der Waals surface area contributed by atoms with E-state index in [1.54, 1.807) is 0 Å². The van der Waals surface area contributed by atoms with E-state index < -0.39 is 0 Å². The van der Waals surface area contributed by atoms with Gasteiger partial charge in [0, 0.05) is 6.08 Å². The zero-order valence-electron chi connectivity index (χ0n) is 3.48. The Balaban J connectivity index is 2.67. The molecule has 1 aliphatic rings. The fourth-order valence-electron chi connectivity index (χ4n) is 0.351. The molecule has 0 aliphatic carbocycles. The van der Waals surface area contributed by atoms with E-state index in [2.05, 4.69) is 4.74 Å². The molecule has 1 aliphatic heterocycles. The minimum atomic E-state index is -0.343. The summed E-state index contributed by atoms with van der Waals surface area (Å²) in [6, 6.07) is 0. The Morgan fingerprint density at radius 1 is 1.86 bits per heavy atom. The van der Waals surface area contributed by atoms with Gasteiger partial charge in [-0.2, -0.15) is 0 Å². The van der Waals surface area contributed by atoms with Gasteiger partial charge < -0.3 is 4.74 Å². The number of hydrogen-bond acceptors (Lipinski definition) is 2. The van der Waals surface area contributed by atoms with Crippen molar-refractivity contribution < 1.29 is 9.53 Å². The molecule has 0 aromatic heterocycles. The summed E-state index contributed by atoms with van der Waals surface area (Å²) >= 11 is 5.32. The molecule has 2 nitrogen and oxygen atoms in total. The molecule has 0 unspecified atom stereocenters. The number of hydrogen-bond donors (Lipinski definition) is 0. The Labute approximate surface area is 45.7 Å². The highest BCUT2D eigenvalue weighted by molar-refractivity contribution is 6.31. The Kier molecular flexibility index (Phi) is 1.02. The van der Waals surface area contributed by atoms with E-state index in [0.717, 1.165) is 0 Å². The standard InChI is InChI=1S/C4H3ClO2/c5-3-1-4(6)7-2-3/h1H,2H2. The van der Waals surface area contributed by atoms with Gasteiger partial charge in [0.15, 0.2) is 0 Å². The third-order valence-electron chi connectivity index (χ3n) is 0.627. The van der Waals surface area contributed by atoms with Crippen LogP contribution in [0.4, 0.5) is 0 Å². The van der Waals surface area contributed by atoms with Crippen molar-refractivity contribution in [3.8, 4) is 0 Å². The van der Waals surface area contributed by atoms with Crippen LogP contribution in [0.1, 0.15) is 0 Å². The molecule has 0 N–H and O–H groups in total. The van der Waals surface area contributed by atoms with Crippen LogP contribution >= 0.6 is 11.6 Å². The van der Waals surface area contributed by atoms with Gasteiger partial charge in [-0.3, -0.25) is 0 Å². The van der Waals surface area contributed by atoms with Crippen LogP contribution in [-0.4, -0.2) is 12.6 Å². The van der Waals surface area contributed by atoms with Crippen molar-refractivity contribution in [1.82, 2.24) is 0 Å². The lowest BCUT2D eigenvalue weighted by Gasteiger charge is -1.84. The topological polar surface area (TPSA) is 26.3 Å². The fraction of sp³-hybridized carbons (Fsp3) is 0.250. The van der Waals surface area contributed by atoms with E-state index >= 15 is 0 Å². The molecule has 7 heavy (non-hydrogen) atoms. The number of carbonyl (C=O) groups excluding carboxylic acids is 1. The van der Waals surface area contributed by atoms with Gasteiger partial charge in [0.2, 0.25) is 0 Å². The molecular weight excluding hydrogens is 115 g/mol. The largest absolute Gasteiger partial charge is 0.457 e. The molecule has 0 saturated carbocycles. The lowest BCUT2D eigenvalue weighted by atomic mass is 10.6. The van der Waals surface area contributed by atoms with Crippen molar-refractivity contribution in [2.45, 2.75) is 0 Å². The zero-order valence-corrected chi connectivity index (χ0v) is 4.23. The lowest BCUT2D eigenvalue weighted by Crippen LogP contribution is -1.89. The predicted octanol–water partition coefficient (Wildman–Crippen LogP) is 0.666. The summed E-state index contributed by atoms with van der Waals surface area (Å²) in [5, 5.41) is 0.477. The maximum Gasteiger partial charge on any atom is 0.332 e. The van der Waals surface area contributed by atoms with E-state index in [1.807, 2.05) is 0 Å². The third kappa shape index (κ3) is 0.933. The average Bonchev–Trinajstić information content (AvgIpc) is 1.87. The van der Waals surface area contributed by atoms with Crippen LogP contribution in [0, 0.1) is 0 Å². The summed E-state index contributed by atoms with van der Waals surface area (Å²) in [5.74, 6) is -0.343. The second-order valence-corrected chi connectivity index (χ2v) is 1.68. The number of carbonyl (C=O) groups is 1. The Morgan fingerprint density at radius 3 is 2.71 bits per heavy atom. The highest BCUT2D eigenvalue weighted by Crippen LogP contribution is 2.08. The highest BCUT2D eigenvalue weighted by atomic mass is 35.5. The van der Waals surface area contributed by atoms with Crippen molar-refractivity contribution in [3.63, 3.8) is 0 Å². The molecule has 0 saturated heterocycles. The molecule has 1 heterocycles. The van der Waals surface area contributed by atoms with Crippen LogP contribution in [0.15, 0.2) is 11.1 Å². The van der Waals surface area contributed by atoms with Crippen LogP contribution in [0.5, 0.6) is 0 Å². The molecule has 0 radical (unpaired) electrons. The number of halogens is 1. The number of cyclic esters (lactones) is 1. The smallest absolute Gasteiger partial charge is 0.332 e. The molecule has 0 bridgehead atoms. The quantitative estimate of drug-likeness (QED) is 0.437. The minimum absolute atomic E-state index is 0.250. The van der Waals surface area contributed by atoms with E-state index in [4.69, 9.17) is 11.6 Å². The number of rotatable bonds is 0. The van der Waals surface area contributed by atoms with Crippen LogP contribution in [-0.2, 0) is 9.53 Å². The van der Waals surface area contributed by atoms with Crippen LogP contribution in [0.25, 0.3) is 0 Å². The molecule has 0 fully saturated rings. The summed E-state index contributed by atoms with van der Waals surface area (Å²) < 4.78 is 4.40. The molecule has 0 aromatic carbocycles. The maximum atomic E-state index is 10.1. The predicted molar refractivity (Wildman–Crippen MR) is 24.9 cm³/mol. The Morgan fingerprint density at radius 2 is 2.57 bits per heavy atom. The van der Waals surface area contributed by atoms with Crippen molar-refractivity contribution >= 4 is 17.6 Å². The zero-order chi connectivity index (χ0) is 5.28. The first-order valence-corrected chi connectivity index (χ1v) is 2.19. The second-order valence-electron chi connectivity index (χ2n) is 1.20. The molecule has 0 amide bonds. The summed E-state index contributed by atoms with van der Waals surface area (Å²) in [6.45, 7) is 0.250. The monoisotopic (exact) mass is 118 g/mol. The Hall–Kier alpha value is -0.500.